The topological polar surface area (TPSA) is 70.4 Å². The number of ether oxygens (including phenoxy) is 2. The number of halogens is 1. The monoisotopic (exact) mass is 252 g/mol. The molecule has 6 nitrogen and oxygen atoms in total. The van der Waals surface area contributed by atoms with Crippen molar-refractivity contribution < 1.29 is 17.9 Å². The summed E-state index contributed by atoms with van der Waals surface area (Å²) in [6, 6.07) is 0. The maximum absolute atomic E-state index is 11.1. The van der Waals surface area contributed by atoms with Gasteiger partial charge in [0.1, 0.15) is 12.7 Å². The highest BCUT2D eigenvalue weighted by molar-refractivity contribution is 8.13. The van der Waals surface area contributed by atoms with Gasteiger partial charge in [0.05, 0.1) is 12.7 Å². The Bertz CT molecular complexity index is 469. The van der Waals surface area contributed by atoms with Gasteiger partial charge in [-0.3, -0.25) is 0 Å². The summed E-state index contributed by atoms with van der Waals surface area (Å²) in [5.41, 5.74) is 0. The van der Waals surface area contributed by atoms with Gasteiger partial charge in [-0.2, -0.15) is 5.10 Å². The second-order valence-corrected chi connectivity index (χ2v) is 5.64. The van der Waals surface area contributed by atoms with E-state index in [1.54, 1.807) is 7.11 Å². The highest BCUT2D eigenvalue weighted by Gasteiger charge is 2.28. The second kappa shape index (κ2) is 3.66. The van der Waals surface area contributed by atoms with Crippen molar-refractivity contribution >= 4 is 19.7 Å². The standard InChI is InChI=1S/C7H9ClN2O4S/c1-13-5-3-10-7(14-4-5)6(2-9-10)15(8,11)12/h2,5H,3-4H2,1H3. The summed E-state index contributed by atoms with van der Waals surface area (Å²) in [4.78, 5) is -0.0984. The van der Waals surface area contributed by atoms with Crippen molar-refractivity contribution in [2.45, 2.75) is 17.5 Å². The zero-order valence-corrected chi connectivity index (χ0v) is 9.45. The lowest BCUT2D eigenvalue weighted by atomic mass is 10.3. The van der Waals surface area contributed by atoms with Crippen LogP contribution in [0.15, 0.2) is 11.1 Å². The number of fused-ring (bicyclic) bond motifs is 1. The summed E-state index contributed by atoms with van der Waals surface area (Å²) in [7, 11) is 2.97. The summed E-state index contributed by atoms with van der Waals surface area (Å²) in [6.07, 6.45) is 1.05. The van der Waals surface area contributed by atoms with E-state index in [0.717, 1.165) is 0 Å². The van der Waals surface area contributed by atoms with Gasteiger partial charge in [0.2, 0.25) is 5.88 Å². The Morgan fingerprint density at radius 2 is 2.47 bits per heavy atom. The van der Waals surface area contributed by atoms with Crippen LogP contribution < -0.4 is 4.74 Å². The molecule has 0 spiro atoms. The fourth-order valence-corrected chi connectivity index (χ4v) is 2.22. The SMILES string of the molecule is COC1COc2c(S(=O)(=O)Cl)cnn2C1. The first-order valence-electron chi connectivity index (χ1n) is 4.18. The average Bonchev–Trinajstić information content (AvgIpc) is 2.59. The first-order chi connectivity index (χ1) is 7.02. The van der Waals surface area contributed by atoms with Gasteiger partial charge in [0.25, 0.3) is 9.05 Å². The van der Waals surface area contributed by atoms with Crippen molar-refractivity contribution in [3.05, 3.63) is 6.20 Å². The Morgan fingerprint density at radius 3 is 3.07 bits per heavy atom. The molecule has 1 atom stereocenters. The summed E-state index contributed by atoms with van der Waals surface area (Å²) < 4.78 is 34.0. The van der Waals surface area contributed by atoms with E-state index in [1.807, 2.05) is 0 Å². The van der Waals surface area contributed by atoms with Crippen LogP contribution in [0.5, 0.6) is 5.88 Å². The van der Waals surface area contributed by atoms with Crippen LogP contribution in [0.25, 0.3) is 0 Å². The molecule has 0 bridgehead atoms. The Hall–Kier alpha value is -0.790. The lowest BCUT2D eigenvalue weighted by Gasteiger charge is -2.22. The molecule has 1 aliphatic heterocycles. The molecule has 0 amide bonds. The zero-order chi connectivity index (χ0) is 11.1. The maximum atomic E-state index is 11.1. The van der Waals surface area contributed by atoms with Gasteiger partial charge in [-0.1, -0.05) is 0 Å². The number of hydrogen-bond acceptors (Lipinski definition) is 5. The Morgan fingerprint density at radius 1 is 1.73 bits per heavy atom. The third-order valence-corrected chi connectivity index (χ3v) is 3.44. The van der Waals surface area contributed by atoms with Gasteiger partial charge in [-0.25, -0.2) is 13.1 Å². The molecule has 0 radical (unpaired) electrons. The molecule has 0 N–H and O–H groups in total. The quantitative estimate of drug-likeness (QED) is 0.704. The van der Waals surface area contributed by atoms with E-state index in [2.05, 4.69) is 5.10 Å². The minimum atomic E-state index is -3.80. The Labute approximate surface area is 91.2 Å². The Balaban J connectivity index is 2.38. The van der Waals surface area contributed by atoms with E-state index in [-0.39, 0.29) is 16.9 Å². The molecular formula is C7H9ClN2O4S. The summed E-state index contributed by atoms with van der Waals surface area (Å²) in [5.74, 6) is 0.179. The number of methoxy groups -OCH3 is 1. The van der Waals surface area contributed by atoms with E-state index in [0.29, 0.717) is 13.2 Å². The molecule has 1 aromatic heterocycles. The summed E-state index contributed by atoms with van der Waals surface area (Å²) in [5, 5.41) is 3.87. The lowest BCUT2D eigenvalue weighted by molar-refractivity contribution is 0.0165. The average molecular weight is 253 g/mol. The molecule has 1 unspecified atom stereocenters. The van der Waals surface area contributed by atoms with Crippen molar-refractivity contribution in [2.24, 2.45) is 0 Å². The first kappa shape index (κ1) is 10.7. The van der Waals surface area contributed by atoms with Crippen LogP contribution in [-0.2, 0) is 20.3 Å². The molecule has 0 saturated heterocycles. The fourth-order valence-electron chi connectivity index (χ4n) is 1.36. The Kier molecular flexibility index (Phi) is 2.61. The molecule has 0 fully saturated rings. The molecule has 1 aromatic rings. The molecule has 0 aromatic carbocycles. The maximum Gasteiger partial charge on any atom is 0.268 e. The van der Waals surface area contributed by atoms with Gasteiger partial charge in [-0.15, -0.1) is 0 Å². The largest absolute Gasteiger partial charge is 0.474 e. The van der Waals surface area contributed by atoms with Crippen LogP contribution in [0.2, 0.25) is 0 Å². The van der Waals surface area contributed by atoms with Crippen molar-refractivity contribution in [2.75, 3.05) is 13.7 Å². The smallest absolute Gasteiger partial charge is 0.268 e. The molecule has 2 heterocycles. The minimum absolute atomic E-state index is 0.0984. The van der Waals surface area contributed by atoms with Gasteiger partial charge in [0, 0.05) is 17.8 Å². The van der Waals surface area contributed by atoms with Crippen molar-refractivity contribution in [3.8, 4) is 5.88 Å². The van der Waals surface area contributed by atoms with E-state index in [1.165, 1.54) is 10.9 Å². The molecule has 0 aliphatic carbocycles. The predicted octanol–water partition coefficient (Wildman–Crippen LogP) is 0.218. The molecule has 15 heavy (non-hydrogen) atoms. The van der Waals surface area contributed by atoms with Gasteiger partial charge >= 0.3 is 0 Å². The van der Waals surface area contributed by atoms with E-state index in [4.69, 9.17) is 20.2 Å². The van der Waals surface area contributed by atoms with Crippen molar-refractivity contribution in [1.29, 1.82) is 0 Å². The highest BCUT2D eigenvalue weighted by atomic mass is 35.7. The van der Waals surface area contributed by atoms with Crippen LogP contribution in [0.4, 0.5) is 0 Å². The third kappa shape index (κ3) is 1.95. The molecule has 2 rings (SSSR count). The van der Waals surface area contributed by atoms with Crippen molar-refractivity contribution in [1.82, 2.24) is 9.78 Å². The van der Waals surface area contributed by atoms with Crippen molar-refractivity contribution in [3.63, 3.8) is 0 Å². The molecule has 8 heteroatoms. The third-order valence-electron chi connectivity index (χ3n) is 2.14. The first-order valence-corrected chi connectivity index (χ1v) is 6.49. The van der Waals surface area contributed by atoms with E-state index >= 15 is 0 Å². The number of hydrogen-bond donors (Lipinski definition) is 0. The highest BCUT2D eigenvalue weighted by Crippen LogP contribution is 2.29. The second-order valence-electron chi connectivity index (χ2n) is 3.10. The van der Waals surface area contributed by atoms with Crippen LogP contribution in [0.3, 0.4) is 0 Å². The van der Waals surface area contributed by atoms with Crippen LogP contribution in [-0.4, -0.2) is 38.0 Å². The van der Waals surface area contributed by atoms with E-state index in [9.17, 15) is 8.42 Å². The van der Waals surface area contributed by atoms with E-state index < -0.39 is 9.05 Å². The van der Waals surface area contributed by atoms with Crippen LogP contribution in [0.1, 0.15) is 0 Å². The number of aromatic nitrogens is 2. The fraction of sp³-hybridized carbons (Fsp3) is 0.571. The molecular weight excluding hydrogens is 244 g/mol. The van der Waals surface area contributed by atoms with Gasteiger partial charge in [0.15, 0.2) is 4.90 Å². The van der Waals surface area contributed by atoms with Gasteiger partial charge < -0.3 is 9.47 Å². The molecule has 0 saturated carbocycles. The van der Waals surface area contributed by atoms with Gasteiger partial charge in [-0.05, 0) is 0 Å². The number of rotatable bonds is 2. The minimum Gasteiger partial charge on any atom is -0.474 e. The summed E-state index contributed by atoms with van der Waals surface area (Å²) in [6.45, 7) is 0.750. The zero-order valence-electron chi connectivity index (χ0n) is 7.88. The van der Waals surface area contributed by atoms with Crippen LogP contribution >= 0.6 is 10.7 Å². The van der Waals surface area contributed by atoms with Crippen LogP contribution in [0, 0.1) is 0 Å². The lowest BCUT2D eigenvalue weighted by Crippen LogP contribution is -2.32. The molecule has 84 valence electrons. The normalized spacial score (nSPS) is 20.8. The number of nitrogens with zero attached hydrogens (tertiary/aromatic N) is 2. The summed E-state index contributed by atoms with van der Waals surface area (Å²) >= 11 is 0. The predicted molar refractivity (Wildman–Crippen MR) is 51.6 cm³/mol. The molecule has 1 aliphatic rings.